The van der Waals surface area contributed by atoms with Crippen LogP contribution in [0.2, 0.25) is 0 Å². The maximum atomic E-state index is 12.7. The van der Waals surface area contributed by atoms with Crippen LogP contribution in [0.15, 0.2) is 70.4 Å². The van der Waals surface area contributed by atoms with Gasteiger partial charge in [-0.05, 0) is 22.3 Å². The van der Waals surface area contributed by atoms with Gasteiger partial charge in [-0.15, -0.1) is 0 Å². The van der Waals surface area contributed by atoms with Crippen molar-refractivity contribution < 1.29 is 29.2 Å². The summed E-state index contributed by atoms with van der Waals surface area (Å²) in [6.07, 6.45) is -3.51. The minimum Gasteiger partial charge on any atom is -0.433 e. The molecule has 2 aliphatic rings. The average molecular weight is 480 g/mol. The van der Waals surface area contributed by atoms with E-state index in [1.165, 1.54) is 6.20 Å². The number of aliphatic hydroxyl groups is 2. The van der Waals surface area contributed by atoms with E-state index in [-0.39, 0.29) is 19.1 Å². The average Bonchev–Trinajstić information content (AvgIpc) is 3.18. The molecule has 3 N–H and O–H groups in total. The van der Waals surface area contributed by atoms with Crippen molar-refractivity contribution in [2.24, 2.45) is 0 Å². The summed E-state index contributed by atoms with van der Waals surface area (Å²) in [5.41, 5.74) is 2.88. The summed E-state index contributed by atoms with van der Waals surface area (Å²) in [6, 6.07) is 16.0. The summed E-state index contributed by atoms with van der Waals surface area (Å²) >= 11 is 0. The predicted molar refractivity (Wildman–Crippen MR) is 123 cm³/mol. The lowest BCUT2D eigenvalue weighted by atomic mass is 9.98. The zero-order valence-corrected chi connectivity index (χ0v) is 18.6. The SMILES string of the molecule is O=C(OCC1c2ccccc2-c2ccccc21)O[C@@H]1[C@H](O)[C@@H](CO)OC[C@H]1n1ccc(=O)[nH]c1=O. The molecule has 10 nitrogen and oxygen atoms in total. The molecule has 2 aromatic carbocycles. The van der Waals surface area contributed by atoms with E-state index >= 15 is 0 Å². The van der Waals surface area contributed by atoms with Crippen molar-refractivity contribution in [3.8, 4) is 11.1 Å². The second-order valence-electron chi connectivity index (χ2n) is 8.50. The van der Waals surface area contributed by atoms with Gasteiger partial charge in [0.25, 0.3) is 5.56 Å². The van der Waals surface area contributed by atoms with Gasteiger partial charge in [-0.2, -0.15) is 0 Å². The van der Waals surface area contributed by atoms with E-state index in [4.69, 9.17) is 14.2 Å². The van der Waals surface area contributed by atoms with Crippen LogP contribution >= 0.6 is 0 Å². The fraction of sp³-hybridized carbons (Fsp3) is 0.320. The quantitative estimate of drug-likeness (QED) is 0.462. The van der Waals surface area contributed by atoms with Crippen LogP contribution in [0.1, 0.15) is 23.1 Å². The first-order chi connectivity index (χ1) is 17.0. The van der Waals surface area contributed by atoms with Gasteiger partial charge in [-0.25, -0.2) is 9.59 Å². The van der Waals surface area contributed by atoms with E-state index in [0.29, 0.717) is 0 Å². The molecule has 0 amide bonds. The lowest BCUT2D eigenvalue weighted by molar-refractivity contribution is -0.176. The molecule has 0 bridgehead atoms. The summed E-state index contributed by atoms with van der Waals surface area (Å²) in [7, 11) is 0. The van der Waals surface area contributed by atoms with E-state index < -0.39 is 48.4 Å². The van der Waals surface area contributed by atoms with Crippen LogP contribution in [-0.2, 0) is 14.2 Å². The number of benzene rings is 2. The summed E-state index contributed by atoms with van der Waals surface area (Å²) in [5.74, 6) is -0.183. The van der Waals surface area contributed by atoms with Crippen LogP contribution in [0.5, 0.6) is 0 Å². The third-order valence-electron chi connectivity index (χ3n) is 6.53. The molecule has 4 atom stereocenters. The largest absolute Gasteiger partial charge is 0.508 e. The number of hydrogen-bond acceptors (Lipinski definition) is 8. The Hall–Kier alpha value is -3.73. The number of aromatic amines is 1. The number of carbonyl (C=O) groups excluding carboxylic acids is 1. The number of aromatic nitrogens is 2. The van der Waals surface area contributed by atoms with E-state index in [1.807, 2.05) is 48.5 Å². The highest BCUT2D eigenvalue weighted by Crippen LogP contribution is 2.44. The van der Waals surface area contributed by atoms with Crippen LogP contribution in [0.25, 0.3) is 11.1 Å². The highest BCUT2D eigenvalue weighted by Gasteiger charge is 2.43. The molecule has 0 unspecified atom stereocenters. The Morgan fingerprint density at radius 1 is 1.06 bits per heavy atom. The highest BCUT2D eigenvalue weighted by molar-refractivity contribution is 5.78. The van der Waals surface area contributed by atoms with Gasteiger partial charge in [0.1, 0.15) is 24.9 Å². The van der Waals surface area contributed by atoms with Gasteiger partial charge in [0.2, 0.25) is 0 Å². The molecule has 1 aliphatic carbocycles. The van der Waals surface area contributed by atoms with Gasteiger partial charge in [0.05, 0.1) is 13.2 Å². The van der Waals surface area contributed by atoms with Crippen molar-refractivity contribution in [2.75, 3.05) is 19.8 Å². The zero-order chi connectivity index (χ0) is 24.5. The fourth-order valence-corrected chi connectivity index (χ4v) is 4.83. The number of fused-ring (bicyclic) bond motifs is 3. The monoisotopic (exact) mass is 480 g/mol. The molecule has 1 aliphatic heterocycles. The topological polar surface area (TPSA) is 140 Å². The second kappa shape index (κ2) is 9.49. The van der Waals surface area contributed by atoms with Crippen molar-refractivity contribution >= 4 is 6.16 Å². The molecule has 5 rings (SSSR count). The molecule has 0 spiro atoms. The van der Waals surface area contributed by atoms with Gasteiger partial charge in [-0.1, -0.05) is 48.5 Å². The molecule has 2 heterocycles. The lowest BCUT2D eigenvalue weighted by Gasteiger charge is -2.39. The number of hydrogen-bond donors (Lipinski definition) is 3. The smallest absolute Gasteiger partial charge is 0.433 e. The Morgan fingerprint density at radius 3 is 2.34 bits per heavy atom. The Bertz CT molecular complexity index is 1300. The molecule has 35 heavy (non-hydrogen) atoms. The normalized spacial score (nSPS) is 23.4. The molecule has 10 heteroatoms. The second-order valence-corrected chi connectivity index (χ2v) is 8.50. The van der Waals surface area contributed by atoms with Gasteiger partial charge < -0.3 is 24.4 Å². The summed E-state index contributed by atoms with van der Waals surface area (Å²) in [5, 5.41) is 20.2. The number of carbonyl (C=O) groups is 1. The van der Waals surface area contributed by atoms with Crippen molar-refractivity contribution in [3.05, 3.63) is 92.8 Å². The lowest BCUT2D eigenvalue weighted by Crippen LogP contribution is -2.55. The van der Waals surface area contributed by atoms with Crippen LogP contribution in [0.3, 0.4) is 0 Å². The molecule has 1 fully saturated rings. The van der Waals surface area contributed by atoms with Gasteiger partial charge in [0, 0.05) is 18.2 Å². The third-order valence-corrected chi connectivity index (χ3v) is 6.53. The standard InChI is InChI=1S/C25H24N2O8/c28-11-20-22(30)23(19(13-33-20)27-10-9-21(29)26-24(27)31)35-25(32)34-12-18-16-7-3-1-5-14(16)15-6-2-4-8-17(15)18/h1-10,18-20,22-23,28,30H,11-13H2,(H,26,29,31)/t19-,20-,22-,23+/m1/s1. The maximum absolute atomic E-state index is 12.7. The molecule has 182 valence electrons. The van der Waals surface area contributed by atoms with Gasteiger partial charge >= 0.3 is 11.8 Å². The van der Waals surface area contributed by atoms with Crippen LogP contribution < -0.4 is 11.2 Å². The van der Waals surface area contributed by atoms with Crippen LogP contribution in [0.4, 0.5) is 4.79 Å². The Labute approximate surface area is 199 Å². The number of rotatable bonds is 5. The minimum absolute atomic E-state index is 0.0128. The summed E-state index contributed by atoms with van der Waals surface area (Å²) < 4.78 is 17.5. The molecular formula is C25H24N2O8. The molecule has 0 radical (unpaired) electrons. The van der Waals surface area contributed by atoms with E-state index in [2.05, 4.69) is 4.98 Å². The van der Waals surface area contributed by atoms with E-state index in [0.717, 1.165) is 32.9 Å². The number of ether oxygens (including phenoxy) is 3. The fourth-order valence-electron chi connectivity index (χ4n) is 4.83. The Morgan fingerprint density at radius 2 is 1.71 bits per heavy atom. The number of nitrogens with zero attached hydrogens (tertiary/aromatic N) is 1. The molecule has 1 saturated heterocycles. The Kier molecular flexibility index (Phi) is 6.25. The number of aliphatic hydroxyl groups excluding tert-OH is 2. The van der Waals surface area contributed by atoms with Gasteiger partial charge in [-0.3, -0.25) is 14.3 Å². The maximum Gasteiger partial charge on any atom is 0.508 e. The summed E-state index contributed by atoms with van der Waals surface area (Å²) in [6.45, 7) is -0.645. The number of H-pyrrole nitrogens is 1. The van der Waals surface area contributed by atoms with Crippen LogP contribution in [-0.4, -0.2) is 64.1 Å². The molecule has 0 saturated carbocycles. The predicted octanol–water partition coefficient (Wildman–Crippen LogP) is 1.16. The van der Waals surface area contributed by atoms with Crippen molar-refractivity contribution in [1.29, 1.82) is 0 Å². The van der Waals surface area contributed by atoms with Crippen molar-refractivity contribution in [1.82, 2.24) is 9.55 Å². The molecular weight excluding hydrogens is 456 g/mol. The van der Waals surface area contributed by atoms with Crippen molar-refractivity contribution in [3.63, 3.8) is 0 Å². The third kappa shape index (κ3) is 4.27. The molecule has 3 aromatic rings. The van der Waals surface area contributed by atoms with Gasteiger partial charge in [0.15, 0.2) is 6.10 Å². The van der Waals surface area contributed by atoms with E-state index in [9.17, 15) is 24.6 Å². The Balaban J connectivity index is 1.35. The molecule has 1 aromatic heterocycles. The van der Waals surface area contributed by atoms with Crippen LogP contribution in [0, 0.1) is 0 Å². The van der Waals surface area contributed by atoms with E-state index in [1.54, 1.807) is 0 Å². The number of nitrogens with one attached hydrogen (secondary N) is 1. The zero-order valence-electron chi connectivity index (χ0n) is 18.6. The first-order valence-corrected chi connectivity index (χ1v) is 11.2. The first-order valence-electron chi connectivity index (χ1n) is 11.2. The van der Waals surface area contributed by atoms with Crippen molar-refractivity contribution in [2.45, 2.75) is 30.3 Å². The highest BCUT2D eigenvalue weighted by atomic mass is 16.7. The minimum atomic E-state index is -1.43. The summed E-state index contributed by atoms with van der Waals surface area (Å²) in [4.78, 5) is 38.6. The first kappa shape index (κ1) is 23.0.